The Morgan fingerprint density at radius 1 is 1.17 bits per heavy atom. The fourth-order valence-electron chi connectivity index (χ4n) is 5.45. The normalized spacial score (nSPS) is 19.5. The first-order valence-electron chi connectivity index (χ1n) is 11.7. The fourth-order valence-corrected chi connectivity index (χ4v) is 5.45. The number of nitrogens with zero attached hydrogens (tertiary/aromatic N) is 3. The van der Waals surface area contributed by atoms with E-state index in [0.717, 1.165) is 5.69 Å². The predicted octanol–water partition coefficient (Wildman–Crippen LogP) is 4.66. The third kappa shape index (κ3) is 3.29. The number of fused-ring (bicyclic) bond motifs is 2. The molecule has 0 aliphatic heterocycles. The Morgan fingerprint density at radius 2 is 1.92 bits per heavy atom. The third-order valence-corrected chi connectivity index (χ3v) is 7.16. The maximum atomic E-state index is 16.3. The highest BCUT2D eigenvalue weighted by Crippen LogP contribution is 2.47. The van der Waals surface area contributed by atoms with Crippen molar-refractivity contribution in [3.63, 3.8) is 0 Å². The van der Waals surface area contributed by atoms with Crippen molar-refractivity contribution >= 4 is 22.1 Å². The van der Waals surface area contributed by atoms with Gasteiger partial charge in [-0.2, -0.15) is 0 Å². The number of hydrogen-bond donors (Lipinski definition) is 2. The molecule has 5 aromatic rings. The number of anilines is 1. The van der Waals surface area contributed by atoms with Crippen LogP contribution in [0.2, 0.25) is 0 Å². The number of nitrogens with two attached hydrogens (primary N) is 1. The maximum absolute atomic E-state index is 16.3. The second-order valence-corrected chi connectivity index (χ2v) is 9.67. The fraction of sp³-hybridized carbons (Fsp3) is 0.214. The minimum Gasteiger partial charge on any atom is -0.495 e. The summed E-state index contributed by atoms with van der Waals surface area (Å²) in [5.74, 6) is 0.0989. The van der Waals surface area contributed by atoms with Crippen LogP contribution in [0.15, 0.2) is 71.9 Å². The van der Waals surface area contributed by atoms with Gasteiger partial charge in [-0.25, -0.2) is 9.37 Å². The van der Waals surface area contributed by atoms with E-state index in [0.29, 0.717) is 40.7 Å². The average Bonchev–Trinajstić information content (AvgIpc) is 3.24. The lowest BCUT2D eigenvalue weighted by Crippen LogP contribution is -2.39. The summed E-state index contributed by atoms with van der Waals surface area (Å²) in [6.07, 6.45) is 6.17. The molecule has 0 spiro atoms. The molecule has 1 saturated carbocycles. The molecule has 3 aromatic heterocycles. The van der Waals surface area contributed by atoms with E-state index in [1.54, 1.807) is 42.9 Å². The minimum absolute atomic E-state index is 0.0642. The van der Waals surface area contributed by atoms with Gasteiger partial charge in [0.1, 0.15) is 17.4 Å². The molecule has 0 radical (unpaired) electrons. The Balaban J connectivity index is 1.62. The van der Waals surface area contributed by atoms with Crippen LogP contribution >= 0.6 is 0 Å². The van der Waals surface area contributed by atoms with E-state index >= 15 is 4.39 Å². The van der Waals surface area contributed by atoms with Crippen LogP contribution in [0, 0.1) is 5.82 Å². The van der Waals surface area contributed by atoms with E-state index in [2.05, 4.69) is 4.98 Å². The van der Waals surface area contributed by atoms with Crippen LogP contribution in [0.1, 0.15) is 31.4 Å². The SMILES string of the molecule is COc1cn(-c2ccccc2)c(=O)c2c(F)c(-c3cc(C4CC(C)(O)C4)n4ccnc(N)c34)ccc12. The van der Waals surface area contributed by atoms with Crippen LogP contribution in [0.5, 0.6) is 5.75 Å². The highest BCUT2D eigenvalue weighted by atomic mass is 19.1. The second-order valence-electron chi connectivity index (χ2n) is 9.67. The van der Waals surface area contributed by atoms with Gasteiger partial charge >= 0.3 is 0 Å². The van der Waals surface area contributed by atoms with Gasteiger partial charge in [-0.15, -0.1) is 0 Å². The molecular formula is C28H25FN4O3. The van der Waals surface area contributed by atoms with Crippen LogP contribution in [-0.2, 0) is 0 Å². The molecule has 3 heterocycles. The van der Waals surface area contributed by atoms with Gasteiger partial charge in [0.15, 0.2) is 0 Å². The molecule has 2 aromatic carbocycles. The van der Waals surface area contributed by atoms with E-state index in [4.69, 9.17) is 10.5 Å². The van der Waals surface area contributed by atoms with Crippen LogP contribution in [0.4, 0.5) is 10.2 Å². The molecule has 6 rings (SSSR count). The first kappa shape index (κ1) is 22.3. The number of benzene rings is 2. The van der Waals surface area contributed by atoms with Crippen molar-refractivity contribution in [1.29, 1.82) is 0 Å². The van der Waals surface area contributed by atoms with Crippen molar-refractivity contribution in [2.24, 2.45) is 0 Å². The van der Waals surface area contributed by atoms with Crippen molar-refractivity contribution in [2.75, 3.05) is 12.8 Å². The van der Waals surface area contributed by atoms with Gasteiger partial charge in [-0.3, -0.25) is 9.36 Å². The van der Waals surface area contributed by atoms with Crippen molar-refractivity contribution in [3.8, 4) is 22.6 Å². The summed E-state index contributed by atoms with van der Waals surface area (Å²) in [4.78, 5) is 17.8. The summed E-state index contributed by atoms with van der Waals surface area (Å²) < 4.78 is 25.2. The molecule has 0 saturated heterocycles. The van der Waals surface area contributed by atoms with Gasteiger partial charge in [0, 0.05) is 46.2 Å². The monoisotopic (exact) mass is 484 g/mol. The highest BCUT2D eigenvalue weighted by Gasteiger charge is 2.41. The van der Waals surface area contributed by atoms with Gasteiger partial charge in [0.2, 0.25) is 0 Å². The van der Waals surface area contributed by atoms with E-state index in [1.165, 1.54) is 11.7 Å². The summed E-state index contributed by atoms with van der Waals surface area (Å²) in [7, 11) is 1.49. The lowest BCUT2D eigenvalue weighted by Gasteiger charge is -2.40. The number of pyridine rings is 1. The molecule has 1 aliphatic rings. The Bertz CT molecular complexity index is 1700. The van der Waals surface area contributed by atoms with E-state index in [9.17, 15) is 9.90 Å². The van der Waals surface area contributed by atoms with Crippen molar-refractivity contribution in [2.45, 2.75) is 31.3 Å². The predicted molar refractivity (Wildman–Crippen MR) is 137 cm³/mol. The van der Waals surface area contributed by atoms with Crippen molar-refractivity contribution in [1.82, 2.24) is 14.0 Å². The standard InChI is InChI=1S/C28H25FN4O3/c1-28(35)13-16(14-28)21-12-20(25-26(30)31-10-11-32(21)25)18-8-9-19-22(36-2)15-33(17-6-4-3-5-7-17)27(34)23(19)24(18)29/h3-12,15-16,35H,13-14H2,1-2H3,(H2,30,31). The zero-order valence-corrected chi connectivity index (χ0v) is 19.9. The van der Waals surface area contributed by atoms with Crippen LogP contribution in [0.3, 0.4) is 0 Å². The Kier molecular flexibility index (Phi) is 4.91. The number of rotatable bonds is 4. The summed E-state index contributed by atoms with van der Waals surface area (Å²) in [5, 5.41) is 10.6. The molecule has 0 amide bonds. The molecule has 0 bridgehead atoms. The number of halogens is 1. The summed E-state index contributed by atoms with van der Waals surface area (Å²) in [6, 6.07) is 14.3. The third-order valence-electron chi connectivity index (χ3n) is 7.16. The van der Waals surface area contributed by atoms with Crippen LogP contribution in [0.25, 0.3) is 33.1 Å². The molecule has 182 valence electrons. The van der Waals surface area contributed by atoms with Crippen LogP contribution < -0.4 is 16.0 Å². The molecule has 0 unspecified atom stereocenters. The smallest absolute Gasteiger partial charge is 0.266 e. The van der Waals surface area contributed by atoms with Crippen molar-refractivity contribution in [3.05, 3.63) is 89.0 Å². The minimum atomic E-state index is -0.721. The summed E-state index contributed by atoms with van der Waals surface area (Å²) in [6.45, 7) is 1.81. The zero-order valence-electron chi connectivity index (χ0n) is 19.9. The first-order valence-corrected chi connectivity index (χ1v) is 11.7. The molecule has 8 heteroatoms. The van der Waals surface area contributed by atoms with E-state index in [-0.39, 0.29) is 22.7 Å². The Labute approximate surface area is 206 Å². The number of nitrogen functional groups attached to an aromatic ring is 1. The first-order chi connectivity index (χ1) is 17.3. The molecule has 36 heavy (non-hydrogen) atoms. The van der Waals surface area contributed by atoms with E-state index in [1.807, 2.05) is 35.6 Å². The van der Waals surface area contributed by atoms with E-state index < -0.39 is 17.0 Å². The van der Waals surface area contributed by atoms with Gasteiger partial charge in [0.05, 0.1) is 29.8 Å². The maximum Gasteiger partial charge on any atom is 0.266 e. The molecule has 0 atom stereocenters. The van der Waals surface area contributed by atoms with Gasteiger partial charge in [-0.1, -0.05) is 24.3 Å². The molecule has 3 N–H and O–H groups in total. The molecular weight excluding hydrogens is 459 g/mol. The number of hydrogen-bond acceptors (Lipinski definition) is 5. The quantitative estimate of drug-likeness (QED) is 0.387. The van der Waals surface area contributed by atoms with Gasteiger partial charge < -0.3 is 20.0 Å². The topological polar surface area (TPSA) is 94.8 Å². The molecule has 7 nitrogen and oxygen atoms in total. The van der Waals surface area contributed by atoms with Gasteiger partial charge in [-0.05, 0) is 44.0 Å². The molecule has 1 fully saturated rings. The summed E-state index contributed by atoms with van der Waals surface area (Å²) in [5.41, 5.74) is 7.97. The summed E-state index contributed by atoms with van der Waals surface area (Å²) >= 11 is 0. The number of methoxy groups -OCH3 is 1. The van der Waals surface area contributed by atoms with Gasteiger partial charge in [0.25, 0.3) is 5.56 Å². The van der Waals surface area contributed by atoms with Crippen molar-refractivity contribution < 1.29 is 14.2 Å². The average molecular weight is 485 g/mol. The van der Waals surface area contributed by atoms with Crippen LogP contribution in [-0.4, -0.2) is 31.8 Å². The Morgan fingerprint density at radius 3 is 2.61 bits per heavy atom. The number of aromatic nitrogens is 3. The number of ether oxygens (including phenoxy) is 1. The molecule has 1 aliphatic carbocycles. The number of para-hydroxylation sites is 1. The zero-order chi connectivity index (χ0) is 25.2. The second kappa shape index (κ2) is 7.93. The highest BCUT2D eigenvalue weighted by molar-refractivity contribution is 5.96. The lowest BCUT2D eigenvalue weighted by atomic mass is 9.70. The Hall–Kier alpha value is -4.17. The number of aliphatic hydroxyl groups is 1. The lowest BCUT2D eigenvalue weighted by molar-refractivity contribution is -0.0324. The largest absolute Gasteiger partial charge is 0.495 e.